The molecule has 118 valence electrons. The van der Waals surface area contributed by atoms with E-state index in [0.29, 0.717) is 19.0 Å². The minimum atomic E-state index is 0.507. The molecule has 0 aliphatic rings. The van der Waals surface area contributed by atoms with E-state index in [1.165, 1.54) is 0 Å². The minimum Gasteiger partial charge on any atom is -0.459 e. The fourth-order valence-electron chi connectivity index (χ4n) is 2.26. The van der Waals surface area contributed by atoms with E-state index in [-0.39, 0.29) is 0 Å². The smallest absolute Gasteiger partial charge is 0.243 e. The van der Waals surface area contributed by atoms with Gasteiger partial charge in [-0.15, -0.1) is 6.58 Å². The normalized spacial score (nSPS) is 10.7. The molecule has 0 spiro atoms. The number of hydrogen-bond donors (Lipinski definition) is 1. The zero-order valence-electron chi connectivity index (χ0n) is 12.7. The molecule has 3 aromatic rings. The van der Waals surface area contributed by atoms with Crippen LogP contribution in [0.3, 0.4) is 0 Å². The summed E-state index contributed by atoms with van der Waals surface area (Å²) in [6.45, 7) is 6.80. The van der Waals surface area contributed by atoms with Crippen molar-refractivity contribution in [3.8, 4) is 11.3 Å². The highest BCUT2D eigenvalue weighted by molar-refractivity contribution is 9.10. The Kier molecular flexibility index (Phi) is 4.57. The number of tetrazole rings is 1. The molecule has 0 radical (unpaired) electrons. The summed E-state index contributed by atoms with van der Waals surface area (Å²) in [7, 11) is 0. The van der Waals surface area contributed by atoms with Crippen LogP contribution in [0.25, 0.3) is 11.3 Å². The van der Waals surface area contributed by atoms with Crippen LogP contribution >= 0.6 is 15.9 Å². The van der Waals surface area contributed by atoms with E-state index in [1.54, 1.807) is 10.8 Å². The van der Waals surface area contributed by atoms with Crippen molar-refractivity contribution in [2.75, 3.05) is 5.32 Å². The lowest BCUT2D eigenvalue weighted by Crippen LogP contribution is -2.07. The molecule has 2 aromatic heterocycles. The number of aromatic nitrogens is 4. The van der Waals surface area contributed by atoms with Gasteiger partial charge in [0.15, 0.2) is 0 Å². The van der Waals surface area contributed by atoms with Crippen LogP contribution < -0.4 is 5.32 Å². The predicted octanol–water partition coefficient (Wildman–Crippen LogP) is 3.80. The molecule has 1 N–H and O–H groups in total. The standard InChI is InChI=1S/C16H16BrN5O/c1-3-8-22-16(19-20-21-22)18-10-13-5-7-15(23-13)14-6-4-12(17)9-11(14)2/h3-7,9H,1,8,10H2,2H3,(H,18,19,21). The summed E-state index contributed by atoms with van der Waals surface area (Å²) in [5.41, 5.74) is 2.24. The average molecular weight is 374 g/mol. The van der Waals surface area contributed by atoms with E-state index in [0.717, 1.165) is 27.1 Å². The summed E-state index contributed by atoms with van der Waals surface area (Å²) in [5.74, 6) is 2.25. The monoisotopic (exact) mass is 373 g/mol. The summed E-state index contributed by atoms with van der Waals surface area (Å²) < 4.78 is 8.60. The second-order valence-electron chi connectivity index (χ2n) is 5.05. The molecular formula is C16H16BrN5O. The molecule has 23 heavy (non-hydrogen) atoms. The first-order valence-corrected chi connectivity index (χ1v) is 7.93. The summed E-state index contributed by atoms with van der Waals surface area (Å²) >= 11 is 3.47. The van der Waals surface area contributed by atoms with Gasteiger partial charge in [0.05, 0.1) is 13.1 Å². The number of anilines is 1. The van der Waals surface area contributed by atoms with Crippen LogP contribution in [0.5, 0.6) is 0 Å². The number of nitrogens with zero attached hydrogens (tertiary/aromatic N) is 4. The van der Waals surface area contributed by atoms with Crippen molar-refractivity contribution < 1.29 is 4.42 Å². The van der Waals surface area contributed by atoms with Gasteiger partial charge in [0, 0.05) is 10.0 Å². The summed E-state index contributed by atoms with van der Waals surface area (Å²) in [4.78, 5) is 0. The largest absolute Gasteiger partial charge is 0.459 e. The van der Waals surface area contributed by atoms with Crippen molar-refractivity contribution in [1.82, 2.24) is 20.2 Å². The average Bonchev–Trinajstić information content (AvgIpc) is 3.15. The van der Waals surface area contributed by atoms with Gasteiger partial charge in [0.2, 0.25) is 5.95 Å². The number of hydrogen-bond acceptors (Lipinski definition) is 5. The topological polar surface area (TPSA) is 68.8 Å². The summed E-state index contributed by atoms with van der Waals surface area (Å²) in [5, 5.41) is 14.6. The van der Waals surface area contributed by atoms with Crippen molar-refractivity contribution in [2.45, 2.75) is 20.0 Å². The first kappa shape index (κ1) is 15.5. The number of aryl methyl sites for hydroxylation is 1. The first-order chi connectivity index (χ1) is 11.2. The summed E-state index contributed by atoms with van der Waals surface area (Å²) in [6, 6.07) is 10.0. The zero-order chi connectivity index (χ0) is 16.2. The van der Waals surface area contributed by atoms with Gasteiger partial charge in [-0.05, 0) is 53.2 Å². The molecular weight excluding hydrogens is 358 g/mol. The van der Waals surface area contributed by atoms with Gasteiger partial charge in [-0.25, -0.2) is 4.68 Å². The lowest BCUT2D eigenvalue weighted by Gasteiger charge is -2.04. The summed E-state index contributed by atoms with van der Waals surface area (Å²) in [6.07, 6.45) is 1.74. The van der Waals surface area contributed by atoms with Gasteiger partial charge in [0.1, 0.15) is 11.5 Å². The van der Waals surface area contributed by atoms with Crippen LogP contribution in [0.2, 0.25) is 0 Å². The van der Waals surface area contributed by atoms with E-state index >= 15 is 0 Å². The minimum absolute atomic E-state index is 0.507. The fraction of sp³-hybridized carbons (Fsp3) is 0.188. The molecule has 3 rings (SSSR count). The number of rotatable bonds is 6. The van der Waals surface area contributed by atoms with E-state index in [2.05, 4.69) is 56.3 Å². The lowest BCUT2D eigenvalue weighted by atomic mass is 10.1. The second-order valence-corrected chi connectivity index (χ2v) is 5.97. The van der Waals surface area contributed by atoms with Crippen LogP contribution in [0.15, 0.2) is 51.9 Å². The molecule has 2 heterocycles. The Morgan fingerprint density at radius 2 is 2.22 bits per heavy atom. The predicted molar refractivity (Wildman–Crippen MR) is 91.9 cm³/mol. The van der Waals surface area contributed by atoms with Gasteiger partial charge < -0.3 is 9.73 Å². The Labute approximate surface area is 142 Å². The van der Waals surface area contributed by atoms with Crippen LogP contribution in [0, 0.1) is 6.92 Å². The van der Waals surface area contributed by atoms with E-state index in [1.807, 2.05) is 24.3 Å². The van der Waals surface area contributed by atoms with Crippen molar-refractivity contribution >= 4 is 21.9 Å². The highest BCUT2D eigenvalue weighted by atomic mass is 79.9. The van der Waals surface area contributed by atoms with Crippen LogP contribution in [-0.2, 0) is 13.1 Å². The maximum atomic E-state index is 5.91. The number of benzene rings is 1. The van der Waals surface area contributed by atoms with Gasteiger partial charge >= 0.3 is 0 Å². The third-order valence-electron chi connectivity index (χ3n) is 3.37. The Morgan fingerprint density at radius 1 is 1.35 bits per heavy atom. The number of furan rings is 1. The molecule has 0 saturated carbocycles. The van der Waals surface area contributed by atoms with Gasteiger partial charge in [0.25, 0.3) is 0 Å². The maximum absolute atomic E-state index is 5.91. The maximum Gasteiger partial charge on any atom is 0.243 e. The Morgan fingerprint density at radius 3 is 3.00 bits per heavy atom. The van der Waals surface area contributed by atoms with Crippen molar-refractivity contribution in [1.29, 1.82) is 0 Å². The van der Waals surface area contributed by atoms with Crippen molar-refractivity contribution in [3.05, 3.63) is 58.8 Å². The number of nitrogens with one attached hydrogen (secondary N) is 1. The fourth-order valence-corrected chi connectivity index (χ4v) is 2.74. The molecule has 0 aliphatic heterocycles. The van der Waals surface area contributed by atoms with Gasteiger partial charge in [-0.1, -0.05) is 27.1 Å². The molecule has 0 atom stereocenters. The quantitative estimate of drug-likeness (QED) is 0.665. The molecule has 0 aliphatic carbocycles. The Balaban J connectivity index is 1.72. The second kappa shape index (κ2) is 6.78. The molecule has 6 nitrogen and oxygen atoms in total. The molecule has 0 amide bonds. The third kappa shape index (κ3) is 3.50. The SMILES string of the molecule is C=CCn1nnnc1NCc1ccc(-c2ccc(Br)cc2C)o1. The molecule has 0 saturated heterocycles. The number of allylic oxidation sites excluding steroid dienone is 1. The Hall–Kier alpha value is -2.41. The molecule has 0 fully saturated rings. The van der Waals surface area contributed by atoms with Crippen molar-refractivity contribution in [2.24, 2.45) is 0 Å². The highest BCUT2D eigenvalue weighted by Gasteiger charge is 2.09. The number of halogens is 1. The molecule has 0 bridgehead atoms. The van der Waals surface area contributed by atoms with Gasteiger partial charge in [-0.2, -0.15) is 0 Å². The van der Waals surface area contributed by atoms with Crippen LogP contribution in [-0.4, -0.2) is 20.2 Å². The Bertz CT molecular complexity index is 823. The zero-order valence-corrected chi connectivity index (χ0v) is 14.2. The van der Waals surface area contributed by atoms with Crippen molar-refractivity contribution in [3.63, 3.8) is 0 Å². The molecule has 1 aromatic carbocycles. The molecule has 7 heteroatoms. The lowest BCUT2D eigenvalue weighted by molar-refractivity contribution is 0.529. The van der Waals surface area contributed by atoms with Gasteiger partial charge in [-0.3, -0.25) is 0 Å². The molecule has 0 unspecified atom stereocenters. The highest BCUT2D eigenvalue weighted by Crippen LogP contribution is 2.28. The van der Waals surface area contributed by atoms with E-state index in [9.17, 15) is 0 Å². The van der Waals surface area contributed by atoms with E-state index in [4.69, 9.17) is 4.42 Å². The van der Waals surface area contributed by atoms with E-state index < -0.39 is 0 Å². The third-order valence-corrected chi connectivity index (χ3v) is 3.86. The van der Waals surface area contributed by atoms with Crippen LogP contribution in [0.1, 0.15) is 11.3 Å². The van der Waals surface area contributed by atoms with Crippen LogP contribution in [0.4, 0.5) is 5.95 Å². The first-order valence-electron chi connectivity index (χ1n) is 7.13.